The van der Waals surface area contributed by atoms with Gasteiger partial charge in [-0.05, 0) is 78.7 Å². The molecule has 126 valence electrons. The molecular formula is C18H18BrFN2O2. The number of carbonyl (C=O) groups is 2. The zero-order valence-corrected chi connectivity index (χ0v) is 15.2. The Labute approximate surface area is 148 Å². The molecule has 0 aliphatic heterocycles. The summed E-state index contributed by atoms with van der Waals surface area (Å²) >= 11 is 3.39. The Morgan fingerprint density at radius 3 is 2.17 bits per heavy atom. The molecule has 0 atom stereocenters. The molecule has 0 saturated heterocycles. The minimum absolute atomic E-state index is 0.394. The third-order valence-corrected chi connectivity index (χ3v) is 4.27. The van der Waals surface area contributed by atoms with E-state index in [1.165, 1.54) is 38.1 Å². The molecule has 2 aromatic rings. The van der Waals surface area contributed by atoms with Crippen molar-refractivity contribution in [3.63, 3.8) is 0 Å². The maximum absolute atomic E-state index is 12.9. The number of hydrogen-bond donors (Lipinski definition) is 2. The zero-order chi connectivity index (χ0) is 17.9. The normalized spacial score (nSPS) is 11.0. The molecule has 0 spiro atoms. The first kappa shape index (κ1) is 18.1. The molecule has 2 amide bonds. The molecule has 0 radical (unpaired) electrons. The highest BCUT2D eigenvalue weighted by Gasteiger charge is 2.36. The third kappa shape index (κ3) is 4.20. The number of rotatable bonds is 4. The molecule has 0 aliphatic carbocycles. The van der Waals surface area contributed by atoms with E-state index in [1.54, 1.807) is 6.07 Å². The Morgan fingerprint density at radius 1 is 1.00 bits per heavy atom. The predicted octanol–water partition coefficient (Wildman–Crippen LogP) is 4.50. The minimum atomic E-state index is -1.31. The van der Waals surface area contributed by atoms with Gasteiger partial charge >= 0.3 is 0 Å². The smallest absolute Gasteiger partial charge is 0.239 e. The van der Waals surface area contributed by atoms with Crippen molar-refractivity contribution in [2.45, 2.75) is 20.8 Å². The van der Waals surface area contributed by atoms with Gasteiger partial charge in [0.25, 0.3) is 0 Å². The Bertz CT molecular complexity index is 773. The first-order valence-corrected chi connectivity index (χ1v) is 8.14. The molecule has 0 aromatic heterocycles. The summed E-state index contributed by atoms with van der Waals surface area (Å²) in [6, 6.07) is 10.9. The SMILES string of the molecule is Cc1ccc(NC(=O)C(C)(C)C(=O)Nc2ccc(F)cc2)c(Br)c1. The molecule has 2 rings (SSSR count). The molecule has 0 fully saturated rings. The van der Waals surface area contributed by atoms with Gasteiger partial charge in [0.05, 0.1) is 5.69 Å². The lowest BCUT2D eigenvalue weighted by molar-refractivity contribution is -0.135. The van der Waals surface area contributed by atoms with Gasteiger partial charge in [-0.25, -0.2) is 4.39 Å². The van der Waals surface area contributed by atoms with Gasteiger partial charge in [0.1, 0.15) is 11.2 Å². The number of halogens is 2. The van der Waals surface area contributed by atoms with Crippen LogP contribution in [0.2, 0.25) is 0 Å². The summed E-state index contributed by atoms with van der Waals surface area (Å²) in [4.78, 5) is 24.9. The standard InChI is InChI=1S/C18H18BrFN2O2/c1-11-4-9-15(14(19)10-11)22-17(24)18(2,3)16(23)21-13-7-5-12(20)6-8-13/h4-10H,1-3H3,(H,21,23)(H,22,24). The number of nitrogens with one attached hydrogen (secondary N) is 2. The van der Waals surface area contributed by atoms with Crippen LogP contribution >= 0.6 is 15.9 Å². The molecule has 0 unspecified atom stereocenters. The fourth-order valence-electron chi connectivity index (χ4n) is 1.92. The van der Waals surface area contributed by atoms with E-state index in [1.807, 2.05) is 19.1 Å². The van der Waals surface area contributed by atoms with Gasteiger partial charge < -0.3 is 10.6 Å². The minimum Gasteiger partial charge on any atom is -0.325 e. The van der Waals surface area contributed by atoms with Crippen LogP contribution in [-0.4, -0.2) is 11.8 Å². The first-order chi connectivity index (χ1) is 11.2. The number of amides is 2. The van der Waals surface area contributed by atoms with Crippen molar-refractivity contribution in [1.82, 2.24) is 0 Å². The van der Waals surface area contributed by atoms with E-state index in [0.29, 0.717) is 11.4 Å². The quantitative estimate of drug-likeness (QED) is 0.752. The summed E-state index contributed by atoms with van der Waals surface area (Å²) in [6.45, 7) is 5.00. The maximum Gasteiger partial charge on any atom is 0.239 e. The van der Waals surface area contributed by atoms with E-state index < -0.39 is 23.0 Å². The van der Waals surface area contributed by atoms with Crippen LogP contribution in [0.5, 0.6) is 0 Å². The molecule has 6 heteroatoms. The molecule has 4 nitrogen and oxygen atoms in total. The van der Waals surface area contributed by atoms with Gasteiger partial charge in [0.15, 0.2) is 0 Å². The Kier molecular flexibility index (Phi) is 5.39. The lowest BCUT2D eigenvalue weighted by Crippen LogP contribution is -2.41. The van der Waals surface area contributed by atoms with Crippen LogP contribution in [0.25, 0.3) is 0 Å². The molecule has 0 heterocycles. The number of aryl methyl sites for hydroxylation is 1. The average molecular weight is 393 g/mol. The fourth-order valence-corrected chi connectivity index (χ4v) is 2.52. The molecule has 0 bridgehead atoms. The summed E-state index contributed by atoms with van der Waals surface area (Å²) in [5.74, 6) is -1.31. The lowest BCUT2D eigenvalue weighted by atomic mass is 9.90. The number of carbonyl (C=O) groups excluding carboxylic acids is 2. The fraction of sp³-hybridized carbons (Fsp3) is 0.222. The van der Waals surface area contributed by atoms with Crippen LogP contribution in [0, 0.1) is 18.2 Å². The summed E-state index contributed by atoms with van der Waals surface area (Å²) in [7, 11) is 0. The van der Waals surface area contributed by atoms with E-state index in [2.05, 4.69) is 26.6 Å². The Morgan fingerprint density at radius 2 is 1.58 bits per heavy atom. The van der Waals surface area contributed by atoms with E-state index in [-0.39, 0.29) is 0 Å². The van der Waals surface area contributed by atoms with Crippen molar-refractivity contribution >= 4 is 39.1 Å². The summed E-state index contributed by atoms with van der Waals surface area (Å²) in [5.41, 5.74) is 0.763. The first-order valence-electron chi connectivity index (χ1n) is 7.35. The highest BCUT2D eigenvalue weighted by Crippen LogP contribution is 2.27. The monoisotopic (exact) mass is 392 g/mol. The van der Waals surface area contributed by atoms with Gasteiger partial charge in [-0.3, -0.25) is 9.59 Å². The molecule has 2 N–H and O–H groups in total. The summed E-state index contributed by atoms with van der Waals surface area (Å²) in [5, 5.41) is 5.37. The zero-order valence-electron chi connectivity index (χ0n) is 13.6. The highest BCUT2D eigenvalue weighted by atomic mass is 79.9. The van der Waals surface area contributed by atoms with Crippen LogP contribution in [0.3, 0.4) is 0 Å². The second-order valence-corrected chi connectivity index (χ2v) is 6.88. The Balaban J connectivity index is 2.11. The third-order valence-electron chi connectivity index (χ3n) is 3.61. The van der Waals surface area contributed by atoms with Crippen LogP contribution in [-0.2, 0) is 9.59 Å². The summed E-state index contributed by atoms with van der Waals surface area (Å²) < 4.78 is 13.7. The Hall–Kier alpha value is -2.21. The van der Waals surface area contributed by atoms with Crippen LogP contribution in [0.1, 0.15) is 19.4 Å². The molecular weight excluding hydrogens is 375 g/mol. The molecule has 2 aromatic carbocycles. The second-order valence-electron chi connectivity index (χ2n) is 6.02. The van der Waals surface area contributed by atoms with Gasteiger partial charge in [-0.2, -0.15) is 0 Å². The molecule has 24 heavy (non-hydrogen) atoms. The maximum atomic E-state index is 12.9. The van der Waals surface area contributed by atoms with Gasteiger partial charge in [-0.15, -0.1) is 0 Å². The van der Waals surface area contributed by atoms with E-state index >= 15 is 0 Å². The van der Waals surface area contributed by atoms with Crippen molar-refractivity contribution in [1.29, 1.82) is 0 Å². The highest BCUT2D eigenvalue weighted by molar-refractivity contribution is 9.10. The van der Waals surface area contributed by atoms with Crippen molar-refractivity contribution < 1.29 is 14.0 Å². The average Bonchev–Trinajstić information content (AvgIpc) is 2.52. The van der Waals surface area contributed by atoms with Gasteiger partial charge in [0.2, 0.25) is 11.8 Å². The number of anilines is 2. The predicted molar refractivity (Wildman–Crippen MR) is 96.3 cm³/mol. The summed E-state index contributed by atoms with van der Waals surface area (Å²) in [6.07, 6.45) is 0. The van der Waals surface area contributed by atoms with Crippen molar-refractivity contribution in [2.75, 3.05) is 10.6 Å². The van der Waals surface area contributed by atoms with Crippen LogP contribution in [0.15, 0.2) is 46.9 Å². The van der Waals surface area contributed by atoms with Crippen molar-refractivity contribution in [3.05, 3.63) is 58.3 Å². The molecule has 0 aliphatic rings. The van der Waals surface area contributed by atoms with Crippen molar-refractivity contribution in [3.8, 4) is 0 Å². The number of benzene rings is 2. The largest absolute Gasteiger partial charge is 0.325 e. The second kappa shape index (κ2) is 7.13. The molecule has 0 saturated carbocycles. The van der Waals surface area contributed by atoms with E-state index in [9.17, 15) is 14.0 Å². The van der Waals surface area contributed by atoms with Gasteiger partial charge in [-0.1, -0.05) is 6.07 Å². The lowest BCUT2D eigenvalue weighted by Gasteiger charge is -2.23. The van der Waals surface area contributed by atoms with Crippen molar-refractivity contribution in [2.24, 2.45) is 5.41 Å². The van der Waals surface area contributed by atoms with Crippen LogP contribution in [0.4, 0.5) is 15.8 Å². The topological polar surface area (TPSA) is 58.2 Å². The van der Waals surface area contributed by atoms with Gasteiger partial charge in [0, 0.05) is 10.2 Å². The number of hydrogen-bond acceptors (Lipinski definition) is 2. The van der Waals surface area contributed by atoms with Crippen LogP contribution < -0.4 is 10.6 Å². The van der Waals surface area contributed by atoms with E-state index in [4.69, 9.17) is 0 Å². The van der Waals surface area contributed by atoms with E-state index in [0.717, 1.165) is 10.0 Å².